The van der Waals surface area contributed by atoms with Crippen LogP contribution in [0.1, 0.15) is 29.6 Å². The number of hydrogen-bond acceptors (Lipinski definition) is 3. The van der Waals surface area contributed by atoms with E-state index in [0.717, 1.165) is 13.0 Å². The van der Waals surface area contributed by atoms with E-state index < -0.39 is 0 Å². The average Bonchev–Trinajstić information content (AvgIpc) is 2.91. The van der Waals surface area contributed by atoms with Gasteiger partial charge in [-0.05, 0) is 45.0 Å². The molecule has 2 heterocycles. The molecule has 0 unspecified atom stereocenters. The predicted octanol–water partition coefficient (Wildman–Crippen LogP) is 2.60. The van der Waals surface area contributed by atoms with Gasteiger partial charge in [-0.25, -0.2) is 4.98 Å². The van der Waals surface area contributed by atoms with Crippen LogP contribution in [0, 0.1) is 0 Å². The van der Waals surface area contributed by atoms with Crippen LogP contribution >= 0.6 is 23.2 Å². The summed E-state index contributed by atoms with van der Waals surface area (Å²) in [7, 11) is 0. The van der Waals surface area contributed by atoms with Crippen LogP contribution in [0.2, 0.25) is 10.2 Å². The van der Waals surface area contributed by atoms with Gasteiger partial charge < -0.3 is 10.2 Å². The molecule has 4 nitrogen and oxygen atoms in total. The zero-order chi connectivity index (χ0) is 13.7. The Morgan fingerprint density at radius 3 is 2.79 bits per heavy atom. The Morgan fingerprint density at radius 2 is 2.11 bits per heavy atom. The van der Waals surface area contributed by atoms with E-state index in [1.165, 1.54) is 38.2 Å². The summed E-state index contributed by atoms with van der Waals surface area (Å²) in [5.74, 6) is -0.160. The van der Waals surface area contributed by atoms with E-state index in [4.69, 9.17) is 23.2 Å². The number of carbonyl (C=O) groups is 1. The number of nitrogens with one attached hydrogen (secondary N) is 1. The van der Waals surface area contributed by atoms with Crippen LogP contribution in [0.3, 0.4) is 0 Å². The van der Waals surface area contributed by atoms with E-state index in [-0.39, 0.29) is 11.1 Å². The van der Waals surface area contributed by atoms with E-state index in [1.54, 1.807) is 0 Å². The van der Waals surface area contributed by atoms with Gasteiger partial charge in [0, 0.05) is 12.7 Å². The SMILES string of the molecule is O=C(NCCCN1CCCC1)c1cnc(Cl)c(Cl)c1. The van der Waals surface area contributed by atoms with Gasteiger partial charge >= 0.3 is 0 Å². The summed E-state index contributed by atoms with van der Waals surface area (Å²) in [5, 5.41) is 3.37. The number of rotatable bonds is 5. The summed E-state index contributed by atoms with van der Waals surface area (Å²) in [6, 6.07) is 1.53. The first-order valence-electron chi connectivity index (χ1n) is 6.48. The average molecular weight is 302 g/mol. The van der Waals surface area contributed by atoms with Crippen molar-refractivity contribution in [2.24, 2.45) is 0 Å². The summed E-state index contributed by atoms with van der Waals surface area (Å²) in [5.41, 5.74) is 0.440. The second-order valence-electron chi connectivity index (χ2n) is 4.65. The number of amides is 1. The summed E-state index contributed by atoms with van der Waals surface area (Å²) >= 11 is 11.5. The molecule has 1 aliphatic heterocycles. The number of carbonyl (C=O) groups excluding carboxylic acids is 1. The molecule has 1 amide bonds. The van der Waals surface area contributed by atoms with Crippen molar-refractivity contribution in [2.75, 3.05) is 26.2 Å². The lowest BCUT2D eigenvalue weighted by Gasteiger charge is -2.14. The van der Waals surface area contributed by atoms with Gasteiger partial charge in [0.2, 0.25) is 0 Å². The largest absolute Gasteiger partial charge is 0.352 e. The molecular formula is C13H17Cl2N3O. The maximum atomic E-state index is 11.8. The van der Waals surface area contributed by atoms with E-state index in [2.05, 4.69) is 15.2 Å². The molecule has 0 aromatic carbocycles. The number of pyridine rings is 1. The first-order chi connectivity index (χ1) is 9.16. The minimum Gasteiger partial charge on any atom is -0.352 e. The summed E-state index contributed by atoms with van der Waals surface area (Å²) < 4.78 is 0. The molecule has 0 radical (unpaired) electrons. The van der Waals surface area contributed by atoms with Crippen molar-refractivity contribution >= 4 is 29.1 Å². The fraction of sp³-hybridized carbons (Fsp3) is 0.538. The van der Waals surface area contributed by atoms with Crippen LogP contribution in [0.15, 0.2) is 12.3 Å². The fourth-order valence-corrected chi connectivity index (χ4v) is 2.43. The number of aromatic nitrogens is 1. The molecule has 1 saturated heterocycles. The molecule has 0 spiro atoms. The van der Waals surface area contributed by atoms with Crippen molar-refractivity contribution < 1.29 is 4.79 Å². The second-order valence-corrected chi connectivity index (χ2v) is 5.42. The second kappa shape index (κ2) is 7.08. The monoisotopic (exact) mass is 301 g/mol. The number of hydrogen-bond donors (Lipinski definition) is 1. The minimum atomic E-state index is -0.160. The highest BCUT2D eigenvalue weighted by atomic mass is 35.5. The standard InChI is InChI=1S/C13H17Cl2N3O/c14-11-8-10(9-17-12(11)15)13(19)16-4-3-7-18-5-1-2-6-18/h8-9H,1-7H2,(H,16,19). The number of likely N-dealkylation sites (tertiary alicyclic amines) is 1. The third-order valence-electron chi connectivity index (χ3n) is 3.19. The first-order valence-corrected chi connectivity index (χ1v) is 7.24. The lowest BCUT2D eigenvalue weighted by Crippen LogP contribution is -2.28. The van der Waals surface area contributed by atoms with Crippen molar-refractivity contribution in [3.05, 3.63) is 28.0 Å². The van der Waals surface area contributed by atoms with Crippen LogP contribution in [0.25, 0.3) is 0 Å². The fourth-order valence-electron chi connectivity index (χ4n) is 2.16. The Morgan fingerprint density at radius 1 is 1.37 bits per heavy atom. The van der Waals surface area contributed by atoms with Gasteiger partial charge in [-0.3, -0.25) is 4.79 Å². The lowest BCUT2D eigenvalue weighted by atomic mass is 10.2. The molecule has 19 heavy (non-hydrogen) atoms. The zero-order valence-electron chi connectivity index (χ0n) is 10.7. The third-order valence-corrected chi connectivity index (χ3v) is 3.88. The smallest absolute Gasteiger partial charge is 0.252 e. The van der Waals surface area contributed by atoms with Crippen LogP contribution in [-0.4, -0.2) is 42.0 Å². The summed E-state index contributed by atoms with van der Waals surface area (Å²) in [6.45, 7) is 4.07. The van der Waals surface area contributed by atoms with Crippen LogP contribution in [-0.2, 0) is 0 Å². The van der Waals surface area contributed by atoms with E-state index in [0.29, 0.717) is 17.1 Å². The summed E-state index contributed by atoms with van der Waals surface area (Å²) in [4.78, 5) is 18.1. The molecule has 2 rings (SSSR count). The molecule has 0 aliphatic carbocycles. The number of nitrogens with zero attached hydrogens (tertiary/aromatic N) is 2. The van der Waals surface area contributed by atoms with Crippen molar-refractivity contribution in [3.63, 3.8) is 0 Å². The highest BCUT2D eigenvalue weighted by Gasteiger charge is 2.11. The summed E-state index contributed by atoms with van der Waals surface area (Å²) in [6.07, 6.45) is 4.98. The molecule has 0 atom stereocenters. The first kappa shape index (κ1) is 14.6. The van der Waals surface area contributed by atoms with Gasteiger partial charge in [0.15, 0.2) is 0 Å². The highest BCUT2D eigenvalue weighted by Crippen LogP contribution is 2.19. The van der Waals surface area contributed by atoms with E-state index in [9.17, 15) is 4.79 Å². The molecule has 1 fully saturated rings. The number of halogens is 2. The topological polar surface area (TPSA) is 45.2 Å². The van der Waals surface area contributed by atoms with E-state index in [1.807, 2.05) is 0 Å². The van der Waals surface area contributed by atoms with Crippen molar-refractivity contribution in [3.8, 4) is 0 Å². The predicted molar refractivity (Wildman–Crippen MR) is 76.9 cm³/mol. The lowest BCUT2D eigenvalue weighted by molar-refractivity contribution is 0.0951. The van der Waals surface area contributed by atoms with Crippen molar-refractivity contribution in [2.45, 2.75) is 19.3 Å². The molecule has 6 heteroatoms. The van der Waals surface area contributed by atoms with Gasteiger partial charge in [-0.15, -0.1) is 0 Å². The highest BCUT2D eigenvalue weighted by molar-refractivity contribution is 6.41. The zero-order valence-corrected chi connectivity index (χ0v) is 12.2. The maximum Gasteiger partial charge on any atom is 0.252 e. The quantitative estimate of drug-likeness (QED) is 0.672. The van der Waals surface area contributed by atoms with Crippen LogP contribution < -0.4 is 5.32 Å². The Kier molecular flexibility index (Phi) is 5.43. The minimum absolute atomic E-state index is 0.160. The Hall–Kier alpha value is -0.840. The van der Waals surface area contributed by atoms with Gasteiger partial charge in [-0.1, -0.05) is 23.2 Å². The molecule has 1 N–H and O–H groups in total. The molecule has 104 valence electrons. The van der Waals surface area contributed by atoms with E-state index >= 15 is 0 Å². The van der Waals surface area contributed by atoms with Crippen molar-refractivity contribution in [1.82, 2.24) is 15.2 Å². The third kappa shape index (κ3) is 4.34. The Balaban J connectivity index is 1.72. The van der Waals surface area contributed by atoms with Crippen LogP contribution in [0.5, 0.6) is 0 Å². The maximum absolute atomic E-state index is 11.8. The van der Waals surface area contributed by atoms with Crippen molar-refractivity contribution in [1.29, 1.82) is 0 Å². The van der Waals surface area contributed by atoms with Gasteiger partial charge in [-0.2, -0.15) is 0 Å². The molecule has 1 aliphatic rings. The van der Waals surface area contributed by atoms with Gasteiger partial charge in [0.05, 0.1) is 10.6 Å². The Bertz CT molecular complexity index is 448. The molecule has 0 bridgehead atoms. The van der Waals surface area contributed by atoms with Gasteiger partial charge in [0.25, 0.3) is 5.91 Å². The molecule has 1 aromatic rings. The normalized spacial score (nSPS) is 15.7. The van der Waals surface area contributed by atoms with Gasteiger partial charge in [0.1, 0.15) is 5.15 Å². The van der Waals surface area contributed by atoms with Crippen LogP contribution in [0.4, 0.5) is 0 Å². The molecule has 0 saturated carbocycles. The Labute approximate surface area is 123 Å². The molecule has 1 aromatic heterocycles. The molecular weight excluding hydrogens is 285 g/mol.